The van der Waals surface area contributed by atoms with E-state index in [2.05, 4.69) is 162 Å². The van der Waals surface area contributed by atoms with Gasteiger partial charge in [-0.1, -0.05) is 150 Å². The summed E-state index contributed by atoms with van der Waals surface area (Å²) in [5, 5.41) is 13.6. The van der Waals surface area contributed by atoms with Crippen LogP contribution in [0, 0.1) is 11.3 Å². The average molecular weight is 802 g/mol. The van der Waals surface area contributed by atoms with E-state index in [9.17, 15) is 5.26 Å². The lowest BCUT2D eigenvalue weighted by atomic mass is 9.86. The lowest BCUT2D eigenvalue weighted by Gasteiger charge is -2.26. The lowest BCUT2D eigenvalue weighted by molar-refractivity contribution is -0.137. The number of aromatic nitrogens is 2. The molecular formula is C54H54F3N3. The number of hydrogen-bond donors (Lipinski definition) is 0. The van der Waals surface area contributed by atoms with Crippen LogP contribution < -0.4 is 0 Å². The number of benzene rings is 6. The van der Waals surface area contributed by atoms with Crippen molar-refractivity contribution in [3.05, 3.63) is 143 Å². The van der Waals surface area contributed by atoms with Crippen LogP contribution in [0.2, 0.25) is 0 Å². The first-order valence-electron chi connectivity index (χ1n) is 20.8. The van der Waals surface area contributed by atoms with E-state index in [-0.39, 0.29) is 33.0 Å². The number of fused-ring (bicyclic) bond motifs is 6. The molecule has 3 nitrogen and oxygen atoms in total. The Balaban J connectivity index is 1.65. The molecule has 6 aromatic carbocycles. The standard InChI is InChI=1S/C54H54F3N3/c1-50(2,3)34-16-20-39-40-21-17-35(51(4,5)6)28-45(40)59(44(39)27-34)43-25-24-38(33-15-13-14-32(26-33)31-58)49(48(43)54(55,56)57)60-46-29-36(52(7,8)9)18-22-41(46)42-23-19-37(30-47(42)60)53(10,11)12/h13-30H,1-12H3. The average Bonchev–Trinajstić information content (AvgIpc) is 3.66. The Labute approximate surface area is 352 Å². The normalized spacial score (nSPS) is 13.2. The van der Waals surface area contributed by atoms with Gasteiger partial charge in [0.05, 0.1) is 45.1 Å². The van der Waals surface area contributed by atoms with Gasteiger partial charge in [-0.25, -0.2) is 0 Å². The molecule has 60 heavy (non-hydrogen) atoms. The number of rotatable bonds is 3. The van der Waals surface area contributed by atoms with Gasteiger partial charge < -0.3 is 9.13 Å². The summed E-state index contributed by atoms with van der Waals surface area (Å²) in [7, 11) is 0. The van der Waals surface area contributed by atoms with E-state index < -0.39 is 11.7 Å². The van der Waals surface area contributed by atoms with Crippen molar-refractivity contribution in [3.8, 4) is 28.6 Å². The van der Waals surface area contributed by atoms with Crippen LogP contribution in [-0.4, -0.2) is 9.13 Å². The highest BCUT2D eigenvalue weighted by atomic mass is 19.4. The Morgan fingerprint density at radius 3 is 1.18 bits per heavy atom. The summed E-state index contributed by atoms with van der Waals surface area (Å²) in [6.07, 6.45) is -4.83. The molecule has 0 spiro atoms. The summed E-state index contributed by atoms with van der Waals surface area (Å²) in [4.78, 5) is 0. The van der Waals surface area contributed by atoms with Crippen LogP contribution in [0.25, 0.3) is 66.1 Å². The van der Waals surface area contributed by atoms with Crippen LogP contribution in [0.15, 0.2) is 109 Å². The highest BCUT2D eigenvalue weighted by molar-refractivity contribution is 6.12. The first-order chi connectivity index (χ1) is 27.9. The molecule has 8 rings (SSSR count). The molecule has 0 aliphatic rings. The Morgan fingerprint density at radius 2 is 0.833 bits per heavy atom. The smallest absolute Gasteiger partial charge is 0.309 e. The number of hydrogen-bond acceptors (Lipinski definition) is 1. The highest BCUT2D eigenvalue weighted by Crippen LogP contribution is 2.49. The van der Waals surface area contributed by atoms with Gasteiger partial charge in [0.2, 0.25) is 0 Å². The Kier molecular flexibility index (Phi) is 9.29. The van der Waals surface area contributed by atoms with Crippen molar-refractivity contribution in [3.63, 3.8) is 0 Å². The minimum Gasteiger partial charge on any atom is -0.309 e. The summed E-state index contributed by atoms with van der Waals surface area (Å²) in [5.41, 5.74) is 6.45. The van der Waals surface area contributed by atoms with E-state index in [0.29, 0.717) is 38.8 Å². The fourth-order valence-corrected chi connectivity index (χ4v) is 8.67. The maximum Gasteiger partial charge on any atom is 0.420 e. The van der Waals surface area contributed by atoms with Crippen molar-refractivity contribution >= 4 is 43.6 Å². The molecule has 0 saturated carbocycles. The number of nitrogens with zero attached hydrogens (tertiary/aromatic N) is 3. The molecular weight excluding hydrogens is 748 g/mol. The van der Waals surface area contributed by atoms with Crippen molar-refractivity contribution in [2.24, 2.45) is 0 Å². The van der Waals surface area contributed by atoms with Crippen LogP contribution in [0.1, 0.15) is 116 Å². The van der Waals surface area contributed by atoms with E-state index >= 15 is 13.2 Å². The van der Waals surface area contributed by atoms with Crippen molar-refractivity contribution in [1.29, 1.82) is 5.26 Å². The third-order valence-electron chi connectivity index (χ3n) is 12.2. The SMILES string of the molecule is CC(C)(C)c1ccc2c3ccc(C(C)(C)C)cc3n(-c3ccc(-c4cccc(C#N)c4)c(-n4c5cc(C(C)(C)C)ccc5c5ccc(C(C)(C)C)cc54)c3C(F)(F)F)c2c1. The fraction of sp³-hybridized carbons (Fsp3) is 0.315. The van der Waals surface area contributed by atoms with E-state index in [4.69, 9.17) is 0 Å². The maximum absolute atomic E-state index is 16.9. The molecule has 0 bridgehead atoms. The maximum atomic E-state index is 16.9. The van der Waals surface area contributed by atoms with E-state index in [1.54, 1.807) is 30.3 Å². The van der Waals surface area contributed by atoms with Crippen LogP contribution >= 0.6 is 0 Å². The molecule has 0 saturated heterocycles. The molecule has 0 fully saturated rings. The summed E-state index contributed by atoms with van der Waals surface area (Å²) in [5.74, 6) is 0. The van der Waals surface area contributed by atoms with Crippen LogP contribution in [0.5, 0.6) is 0 Å². The molecule has 8 aromatic rings. The first-order valence-corrected chi connectivity index (χ1v) is 20.8. The fourth-order valence-electron chi connectivity index (χ4n) is 8.67. The zero-order chi connectivity index (χ0) is 43.5. The Bertz CT molecular complexity index is 2920. The molecule has 0 N–H and O–H groups in total. The second kappa shape index (κ2) is 13.6. The van der Waals surface area contributed by atoms with Crippen molar-refractivity contribution in [1.82, 2.24) is 9.13 Å². The molecule has 6 heteroatoms. The molecule has 2 aromatic heterocycles. The van der Waals surface area contributed by atoms with Crippen molar-refractivity contribution < 1.29 is 13.2 Å². The lowest BCUT2D eigenvalue weighted by Crippen LogP contribution is -2.18. The number of nitriles is 1. The third kappa shape index (κ3) is 6.86. The number of halogens is 3. The summed E-state index contributed by atoms with van der Waals surface area (Å²) >= 11 is 0. The Morgan fingerprint density at radius 1 is 0.450 bits per heavy atom. The highest BCUT2D eigenvalue weighted by Gasteiger charge is 2.41. The summed E-state index contributed by atoms with van der Waals surface area (Å²) < 4.78 is 54.5. The van der Waals surface area contributed by atoms with Crippen LogP contribution in [0.4, 0.5) is 13.2 Å². The molecule has 0 unspecified atom stereocenters. The topological polar surface area (TPSA) is 33.6 Å². The van der Waals surface area contributed by atoms with Gasteiger partial charge in [-0.2, -0.15) is 18.4 Å². The minimum atomic E-state index is -4.83. The molecule has 0 atom stereocenters. The molecule has 306 valence electrons. The van der Waals surface area contributed by atoms with Gasteiger partial charge in [0.1, 0.15) is 5.56 Å². The molecule has 0 amide bonds. The van der Waals surface area contributed by atoms with Gasteiger partial charge in [0.25, 0.3) is 0 Å². The molecule has 0 aliphatic heterocycles. The van der Waals surface area contributed by atoms with Gasteiger partial charge in [-0.3, -0.25) is 0 Å². The zero-order valence-electron chi connectivity index (χ0n) is 36.9. The van der Waals surface area contributed by atoms with E-state index in [1.165, 1.54) is 0 Å². The van der Waals surface area contributed by atoms with Gasteiger partial charge in [0, 0.05) is 27.1 Å². The van der Waals surface area contributed by atoms with E-state index in [0.717, 1.165) is 43.8 Å². The van der Waals surface area contributed by atoms with Gasteiger partial charge >= 0.3 is 6.18 Å². The molecule has 0 radical (unpaired) electrons. The predicted molar refractivity (Wildman–Crippen MR) is 245 cm³/mol. The van der Waals surface area contributed by atoms with Crippen molar-refractivity contribution in [2.45, 2.75) is 111 Å². The minimum absolute atomic E-state index is 0.0289. The largest absolute Gasteiger partial charge is 0.420 e. The summed E-state index contributed by atoms with van der Waals surface area (Å²) in [6.45, 7) is 25.5. The third-order valence-corrected chi connectivity index (χ3v) is 12.2. The van der Waals surface area contributed by atoms with E-state index in [1.807, 2.05) is 15.2 Å². The second-order valence-electron chi connectivity index (χ2n) is 20.6. The van der Waals surface area contributed by atoms with Crippen LogP contribution in [-0.2, 0) is 27.8 Å². The Hall–Kier alpha value is -5.80. The quantitative estimate of drug-likeness (QED) is 0.175. The summed E-state index contributed by atoms with van der Waals surface area (Å²) in [6, 6.07) is 37.6. The van der Waals surface area contributed by atoms with Crippen molar-refractivity contribution in [2.75, 3.05) is 0 Å². The van der Waals surface area contributed by atoms with Gasteiger partial charge in [-0.15, -0.1) is 0 Å². The van der Waals surface area contributed by atoms with Gasteiger partial charge in [0.15, 0.2) is 0 Å². The number of alkyl halides is 3. The monoisotopic (exact) mass is 801 g/mol. The molecule has 2 heterocycles. The predicted octanol–water partition coefficient (Wildman–Crippen LogP) is 15.6. The molecule has 0 aliphatic carbocycles. The van der Waals surface area contributed by atoms with Crippen LogP contribution in [0.3, 0.4) is 0 Å². The van der Waals surface area contributed by atoms with Gasteiger partial charge in [-0.05, 0) is 91.9 Å². The first kappa shape index (κ1) is 41.0. The second-order valence-corrected chi connectivity index (χ2v) is 20.6. The zero-order valence-corrected chi connectivity index (χ0v) is 36.9.